The van der Waals surface area contributed by atoms with Gasteiger partial charge in [-0.1, -0.05) is 5.16 Å². The molecule has 1 aromatic rings. The van der Waals surface area contributed by atoms with Crippen LogP contribution in [0.1, 0.15) is 49.6 Å². The molecule has 0 unspecified atom stereocenters. The maximum absolute atomic E-state index is 12.6. The Morgan fingerprint density at radius 1 is 1.53 bits per heavy atom. The molecule has 2 rings (SSSR count). The van der Waals surface area contributed by atoms with Crippen LogP contribution in [-0.4, -0.2) is 34.6 Å². The minimum absolute atomic E-state index is 0.147. The van der Waals surface area contributed by atoms with Gasteiger partial charge in [0.2, 0.25) is 5.91 Å². The fraction of sp³-hybridized carbons (Fsp3) is 0.714. The van der Waals surface area contributed by atoms with Crippen LogP contribution < -0.4 is 5.73 Å². The number of nitrogens with zero attached hydrogens (tertiary/aromatic N) is 2. The molecular formula is C14H23N3O2. The van der Waals surface area contributed by atoms with Gasteiger partial charge in [-0.2, -0.15) is 0 Å². The monoisotopic (exact) mass is 265 g/mol. The van der Waals surface area contributed by atoms with E-state index in [1.54, 1.807) is 0 Å². The molecule has 3 atom stereocenters. The average Bonchev–Trinajstić information content (AvgIpc) is 2.67. The SMILES string of the molecule is Cc1noc(C)c1[C@H](C)C(=O)N1CC[C@@H](N)C[C@H]1C. The fourth-order valence-corrected chi connectivity index (χ4v) is 3.02. The highest BCUT2D eigenvalue weighted by atomic mass is 16.5. The summed E-state index contributed by atoms with van der Waals surface area (Å²) in [7, 11) is 0. The number of hydrogen-bond acceptors (Lipinski definition) is 4. The van der Waals surface area contributed by atoms with Gasteiger partial charge in [0.05, 0.1) is 11.6 Å². The molecule has 1 aromatic heterocycles. The van der Waals surface area contributed by atoms with Crippen molar-refractivity contribution in [3.8, 4) is 0 Å². The third-order valence-corrected chi connectivity index (χ3v) is 4.09. The first-order chi connectivity index (χ1) is 8.91. The Labute approximate surface area is 114 Å². The van der Waals surface area contributed by atoms with E-state index in [2.05, 4.69) is 12.1 Å². The van der Waals surface area contributed by atoms with Crippen LogP contribution >= 0.6 is 0 Å². The summed E-state index contributed by atoms with van der Waals surface area (Å²) in [5, 5.41) is 3.93. The Kier molecular flexibility index (Phi) is 3.94. The molecule has 0 bridgehead atoms. The summed E-state index contributed by atoms with van der Waals surface area (Å²) in [5.41, 5.74) is 7.67. The third-order valence-electron chi connectivity index (χ3n) is 4.09. The molecule has 1 aliphatic heterocycles. The summed E-state index contributed by atoms with van der Waals surface area (Å²) in [6, 6.07) is 0.424. The molecule has 0 saturated carbocycles. The van der Waals surface area contributed by atoms with Crippen LogP contribution in [0.2, 0.25) is 0 Å². The molecule has 0 spiro atoms. The Hall–Kier alpha value is -1.36. The van der Waals surface area contributed by atoms with E-state index in [1.165, 1.54) is 0 Å². The number of aryl methyl sites for hydroxylation is 2. The Balaban J connectivity index is 2.16. The van der Waals surface area contributed by atoms with Gasteiger partial charge in [-0.15, -0.1) is 0 Å². The second-order valence-electron chi connectivity index (χ2n) is 5.62. The van der Waals surface area contributed by atoms with Gasteiger partial charge in [-0.05, 0) is 40.5 Å². The van der Waals surface area contributed by atoms with Crippen molar-refractivity contribution in [1.82, 2.24) is 10.1 Å². The number of hydrogen-bond donors (Lipinski definition) is 1. The second-order valence-corrected chi connectivity index (χ2v) is 5.62. The lowest BCUT2D eigenvalue weighted by atomic mass is 9.93. The van der Waals surface area contributed by atoms with E-state index in [-0.39, 0.29) is 23.9 Å². The molecule has 2 heterocycles. The topological polar surface area (TPSA) is 72.4 Å². The van der Waals surface area contributed by atoms with Gasteiger partial charge in [0.25, 0.3) is 0 Å². The number of rotatable bonds is 2. The molecule has 0 aliphatic carbocycles. The second kappa shape index (κ2) is 5.33. The number of carbonyl (C=O) groups excluding carboxylic acids is 1. The number of aromatic nitrogens is 1. The van der Waals surface area contributed by atoms with Crippen molar-refractivity contribution in [1.29, 1.82) is 0 Å². The van der Waals surface area contributed by atoms with Crippen LogP contribution in [-0.2, 0) is 4.79 Å². The maximum Gasteiger partial charge on any atom is 0.230 e. The number of carbonyl (C=O) groups is 1. The summed E-state index contributed by atoms with van der Waals surface area (Å²) in [4.78, 5) is 14.6. The van der Waals surface area contributed by atoms with E-state index < -0.39 is 0 Å². The predicted octanol–water partition coefficient (Wildman–Crippen LogP) is 1.73. The summed E-state index contributed by atoms with van der Waals surface area (Å²) >= 11 is 0. The van der Waals surface area contributed by atoms with E-state index in [0.29, 0.717) is 0 Å². The highest BCUT2D eigenvalue weighted by Gasteiger charge is 2.32. The molecule has 1 fully saturated rings. The molecule has 1 amide bonds. The van der Waals surface area contributed by atoms with Gasteiger partial charge >= 0.3 is 0 Å². The molecule has 2 N–H and O–H groups in total. The molecule has 106 valence electrons. The Morgan fingerprint density at radius 2 is 2.21 bits per heavy atom. The molecule has 1 aliphatic rings. The smallest absolute Gasteiger partial charge is 0.230 e. The third kappa shape index (κ3) is 2.66. The van der Waals surface area contributed by atoms with Crippen molar-refractivity contribution in [2.45, 2.75) is 58.5 Å². The van der Waals surface area contributed by atoms with Crippen molar-refractivity contribution < 1.29 is 9.32 Å². The molecular weight excluding hydrogens is 242 g/mol. The standard InChI is InChI=1S/C14H23N3O2/c1-8-7-12(15)5-6-17(8)14(18)9(2)13-10(3)16-19-11(13)4/h8-9,12H,5-7,15H2,1-4H3/t8-,9+,12-/m1/s1. The van der Waals surface area contributed by atoms with E-state index in [9.17, 15) is 4.79 Å². The van der Waals surface area contributed by atoms with E-state index in [4.69, 9.17) is 10.3 Å². The van der Waals surface area contributed by atoms with Gasteiger partial charge in [0.1, 0.15) is 5.76 Å². The fourth-order valence-electron chi connectivity index (χ4n) is 3.02. The maximum atomic E-state index is 12.6. The minimum atomic E-state index is -0.206. The zero-order valence-electron chi connectivity index (χ0n) is 12.1. The van der Waals surface area contributed by atoms with Crippen molar-refractivity contribution in [3.05, 3.63) is 17.0 Å². The summed E-state index contributed by atoms with van der Waals surface area (Å²) in [6.45, 7) is 8.47. The highest BCUT2D eigenvalue weighted by Crippen LogP contribution is 2.27. The highest BCUT2D eigenvalue weighted by molar-refractivity contribution is 5.84. The van der Waals surface area contributed by atoms with Crippen LogP contribution in [0.25, 0.3) is 0 Å². The van der Waals surface area contributed by atoms with Crippen molar-refractivity contribution >= 4 is 5.91 Å². The van der Waals surface area contributed by atoms with E-state index in [0.717, 1.165) is 36.4 Å². The largest absolute Gasteiger partial charge is 0.361 e. The quantitative estimate of drug-likeness (QED) is 0.884. The first-order valence-corrected chi connectivity index (χ1v) is 6.90. The normalized spacial score (nSPS) is 25.4. The molecule has 0 aromatic carbocycles. The van der Waals surface area contributed by atoms with Crippen LogP contribution in [0.4, 0.5) is 0 Å². The molecule has 0 radical (unpaired) electrons. The van der Waals surface area contributed by atoms with Gasteiger partial charge in [-0.25, -0.2) is 0 Å². The zero-order valence-corrected chi connectivity index (χ0v) is 12.1. The Bertz CT molecular complexity index is 450. The van der Waals surface area contributed by atoms with Gasteiger partial charge in [-0.3, -0.25) is 4.79 Å². The van der Waals surface area contributed by atoms with Crippen molar-refractivity contribution in [3.63, 3.8) is 0 Å². The first kappa shape index (κ1) is 14.1. The van der Waals surface area contributed by atoms with Gasteiger partial charge in [0, 0.05) is 24.2 Å². The molecule has 5 nitrogen and oxygen atoms in total. The van der Waals surface area contributed by atoms with Crippen LogP contribution in [0.5, 0.6) is 0 Å². The average molecular weight is 265 g/mol. The first-order valence-electron chi connectivity index (χ1n) is 6.90. The number of amides is 1. The summed E-state index contributed by atoms with van der Waals surface area (Å²) < 4.78 is 5.16. The summed E-state index contributed by atoms with van der Waals surface area (Å²) in [5.74, 6) is 0.677. The van der Waals surface area contributed by atoms with Crippen molar-refractivity contribution in [2.24, 2.45) is 5.73 Å². The van der Waals surface area contributed by atoms with Crippen molar-refractivity contribution in [2.75, 3.05) is 6.54 Å². The lowest BCUT2D eigenvalue weighted by Gasteiger charge is -2.37. The molecule has 1 saturated heterocycles. The molecule has 5 heteroatoms. The lowest BCUT2D eigenvalue weighted by molar-refractivity contribution is -0.135. The minimum Gasteiger partial charge on any atom is -0.361 e. The lowest BCUT2D eigenvalue weighted by Crippen LogP contribution is -2.49. The van der Waals surface area contributed by atoms with Gasteiger partial charge in [0.15, 0.2) is 0 Å². The zero-order chi connectivity index (χ0) is 14.2. The van der Waals surface area contributed by atoms with E-state index in [1.807, 2.05) is 25.7 Å². The number of nitrogens with two attached hydrogens (primary N) is 1. The van der Waals surface area contributed by atoms with Gasteiger partial charge < -0.3 is 15.2 Å². The number of likely N-dealkylation sites (tertiary alicyclic amines) is 1. The summed E-state index contributed by atoms with van der Waals surface area (Å²) in [6.07, 6.45) is 1.75. The number of piperidine rings is 1. The molecule has 19 heavy (non-hydrogen) atoms. The van der Waals surface area contributed by atoms with Crippen LogP contribution in [0, 0.1) is 13.8 Å². The predicted molar refractivity (Wildman–Crippen MR) is 72.8 cm³/mol. The van der Waals surface area contributed by atoms with Crippen LogP contribution in [0.3, 0.4) is 0 Å². The Morgan fingerprint density at radius 3 is 2.74 bits per heavy atom. The van der Waals surface area contributed by atoms with Crippen LogP contribution in [0.15, 0.2) is 4.52 Å². The van der Waals surface area contributed by atoms with E-state index >= 15 is 0 Å².